The zero-order valence-electron chi connectivity index (χ0n) is 25.0. The van der Waals surface area contributed by atoms with E-state index in [2.05, 4.69) is 22.0 Å². The van der Waals surface area contributed by atoms with Gasteiger partial charge in [-0.15, -0.1) is 0 Å². The molecule has 10 heteroatoms. The Morgan fingerprint density at radius 1 is 0.881 bits per heavy atom. The smallest absolute Gasteiger partial charge is 0.416 e. The average molecular weight is 584 g/mol. The Balaban J connectivity index is 1.07. The number of para-hydroxylation sites is 1. The number of rotatable bonds is 15. The normalized spacial score (nSPS) is 17.0. The second-order valence-corrected chi connectivity index (χ2v) is 12.2. The van der Waals surface area contributed by atoms with Crippen molar-refractivity contribution in [1.82, 2.24) is 24.6 Å². The highest BCUT2D eigenvalue weighted by Gasteiger charge is 2.22. The molecule has 2 fully saturated rings. The van der Waals surface area contributed by atoms with E-state index in [0.29, 0.717) is 35.3 Å². The summed E-state index contributed by atoms with van der Waals surface area (Å²) in [7, 11) is 0. The van der Waals surface area contributed by atoms with Gasteiger partial charge in [0.05, 0.1) is 0 Å². The third-order valence-corrected chi connectivity index (χ3v) is 9.10. The summed E-state index contributed by atoms with van der Waals surface area (Å²) in [5.74, 6) is 2.29. The summed E-state index contributed by atoms with van der Waals surface area (Å²) in [5, 5.41) is 33.4. The largest absolute Gasteiger partial charge is 0.507 e. The van der Waals surface area contributed by atoms with Gasteiger partial charge in [0.25, 0.3) is 0 Å². The quantitative estimate of drug-likeness (QED) is 0.197. The lowest BCUT2D eigenvalue weighted by Crippen LogP contribution is -2.35. The lowest BCUT2D eigenvalue weighted by atomic mass is 9.83. The van der Waals surface area contributed by atoms with Gasteiger partial charge in [-0.3, -0.25) is 4.68 Å². The van der Waals surface area contributed by atoms with Crippen LogP contribution in [0, 0.1) is 5.92 Å². The van der Waals surface area contributed by atoms with Crippen LogP contribution in [0.3, 0.4) is 0 Å². The van der Waals surface area contributed by atoms with E-state index in [-0.39, 0.29) is 6.54 Å². The van der Waals surface area contributed by atoms with Crippen LogP contribution in [0.15, 0.2) is 24.5 Å². The van der Waals surface area contributed by atoms with Crippen molar-refractivity contribution in [3.8, 4) is 5.75 Å². The molecule has 1 aromatic heterocycles. The molecule has 42 heavy (non-hydrogen) atoms. The van der Waals surface area contributed by atoms with Crippen LogP contribution >= 0.6 is 0 Å². The van der Waals surface area contributed by atoms with Crippen LogP contribution in [0.1, 0.15) is 113 Å². The van der Waals surface area contributed by atoms with Gasteiger partial charge < -0.3 is 20.2 Å². The predicted molar refractivity (Wildman–Crippen MR) is 161 cm³/mol. The monoisotopic (exact) mass is 583 g/mol. The maximum atomic E-state index is 11.0. The fraction of sp³-hybridized carbons (Fsp3) is 0.688. The number of benzene rings is 1. The molecule has 0 radical (unpaired) electrons. The van der Waals surface area contributed by atoms with Crippen molar-refractivity contribution in [1.29, 1.82) is 0 Å². The number of carboxylic acid groups (broad SMARTS) is 2. The number of hydrogen-bond acceptors (Lipinski definition) is 6. The van der Waals surface area contributed by atoms with Gasteiger partial charge in [-0.25, -0.2) is 19.5 Å². The van der Waals surface area contributed by atoms with Crippen LogP contribution < -0.4 is 0 Å². The molecule has 232 valence electrons. The number of imide groups is 1. The topological polar surface area (TPSA) is 132 Å². The van der Waals surface area contributed by atoms with Gasteiger partial charge >= 0.3 is 12.2 Å². The molecule has 2 heterocycles. The molecule has 2 aromatic rings. The van der Waals surface area contributed by atoms with Crippen molar-refractivity contribution in [2.24, 2.45) is 5.92 Å². The molecule has 10 nitrogen and oxygen atoms in total. The molecule has 2 aliphatic rings. The van der Waals surface area contributed by atoms with Crippen LogP contribution in [-0.4, -0.2) is 78.2 Å². The number of hydrogen-bond donors (Lipinski definition) is 3. The molecule has 1 saturated heterocycles. The van der Waals surface area contributed by atoms with Gasteiger partial charge in [0.1, 0.15) is 12.1 Å². The van der Waals surface area contributed by atoms with Crippen LogP contribution in [0.25, 0.3) is 0 Å². The number of likely N-dealkylation sites (tertiary alicyclic amines) is 1. The number of aromatic nitrogens is 3. The zero-order valence-corrected chi connectivity index (χ0v) is 25.0. The third kappa shape index (κ3) is 9.71. The summed E-state index contributed by atoms with van der Waals surface area (Å²) >= 11 is 0. The summed E-state index contributed by atoms with van der Waals surface area (Å²) in [4.78, 5) is 29.3. The van der Waals surface area contributed by atoms with E-state index < -0.39 is 12.2 Å². The first-order valence-corrected chi connectivity index (χ1v) is 16.1. The minimum Gasteiger partial charge on any atom is -0.507 e. The zero-order chi connectivity index (χ0) is 29.7. The molecular weight excluding hydrogens is 534 g/mol. The molecule has 3 N–H and O–H groups in total. The second kappa shape index (κ2) is 16.5. The Bertz CT molecular complexity index is 1110. The van der Waals surface area contributed by atoms with Crippen molar-refractivity contribution in [3.05, 3.63) is 41.5 Å². The van der Waals surface area contributed by atoms with Crippen molar-refractivity contribution >= 4 is 12.2 Å². The van der Waals surface area contributed by atoms with E-state index in [9.17, 15) is 14.7 Å². The first-order chi connectivity index (χ1) is 20.4. The molecule has 1 aliphatic heterocycles. The fourth-order valence-electron chi connectivity index (χ4n) is 6.59. The fourth-order valence-corrected chi connectivity index (χ4v) is 6.59. The lowest BCUT2D eigenvalue weighted by molar-refractivity contribution is 0.122. The number of piperidine rings is 1. The molecule has 0 atom stereocenters. The van der Waals surface area contributed by atoms with Crippen molar-refractivity contribution in [2.45, 2.75) is 109 Å². The molecule has 2 amide bonds. The maximum Gasteiger partial charge on any atom is 0.416 e. The Labute approximate surface area is 249 Å². The number of unbranched alkanes of at least 4 members (excludes halogenated alkanes) is 6. The van der Waals surface area contributed by atoms with Crippen LogP contribution in [-0.2, 0) is 13.0 Å². The van der Waals surface area contributed by atoms with Gasteiger partial charge in [0, 0.05) is 25.1 Å². The summed E-state index contributed by atoms with van der Waals surface area (Å²) in [5.41, 5.74) is 2.02. The predicted octanol–water partition coefficient (Wildman–Crippen LogP) is 6.72. The Morgan fingerprint density at radius 3 is 2.24 bits per heavy atom. The summed E-state index contributed by atoms with van der Waals surface area (Å²) < 4.78 is 1.98. The standard InChI is InChI=1S/C32H49N5O5/c38-30-27(14-11-15-28(30)26-12-7-6-8-13-26)22-29-33-24-36(34-29)23-25-16-20-35(21-17-25)18-9-4-2-1-3-5-10-19-37(31(39)40)32(41)42/h11,14-15,24-26,38H,1-10,12-13,16-23H2,(H,39,40)(H,41,42). The summed E-state index contributed by atoms with van der Waals surface area (Å²) in [6, 6.07) is 6.15. The molecule has 0 spiro atoms. The van der Waals surface area contributed by atoms with Crippen LogP contribution in [0.4, 0.5) is 9.59 Å². The second-order valence-electron chi connectivity index (χ2n) is 12.2. The number of amides is 2. The SMILES string of the molecule is O=C(O)N(CCCCCCCCCN1CCC(Cn2cnc(Cc3cccc(C4CCCCC4)c3O)n2)CC1)C(=O)O. The molecule has 1 aliphatic carbocycles. The molecular formula is C32H49N5O5. The third-order valence-electron chi connectivity index (χ3n) is 9.10. The van der Waals surface area contributed by atoms with E-state index in [1.165, 1.54) is 57.8 Å². The molecule has 0 bridgehead atoms. The number of phenols is 1. The van der Waals surface area contributed by atoms with Gasteiger partial charge in [-0.1, -0.05) is 69.6 Å². The number of aromatic hydroxyl groups is 1. The number of nitrogens with zero attached hydrogens (tertiary/aromatic N) is 5. The molecule has 0 unspecified atom stereocenters. The van der Waals surface area contributed by atoms with E-state index in [0.717, 1.165) is 68.8 Å². The van der Waals surface area contributed by atoms with Gasteiger partial charge in [-0.2, -0.15) is 5.10 Å². The Hall–Kier alpha value is -3.14. The maximum absolute atomic E-state index is 11.0. The van der Waals surface area contributed by atoms with E-state index in [4.69, 9.17) is 15.3 Å². The highest BCUT2D eigenvalue weighted by Crippen LogP contribution is 2.38. The average Bonchev–Trinajstić information content (AvgIpc) is 3.42. The van der Waals surface area contributed by atoms with Gasteiger partial charge in [0.15, 0.2) is 5.82 Å². The van der Waals surface area contributed by atoms with Crippen molar-refractivity contribution in [3.63, 3.8) is 0 Å². The van der Waals surface area contributed by atoms with Gasteiger partial charge in [0.2, 0.25) is 0 Å². The number of phenolic OH excluding ortho intramolecular Hbond substituents is 1. The molecule has 1 aromatic carbocycles. The van der Waals surface area contributed by atoms with Crippen molar-refractivity contribution in [2.75, 3.05) is 26.2 Å². The first-order valence-electron chi connectivity index (χ1n) is 16.1. The molecule has 1 saturated carbocycles. The van der Waals surface area contributed by atoms with Crippen LogP contribution in [0.5, 0.6) is 5.75 Å². The van der Waals surface area contributed by atoms with E-state index in [1.807, 2.05) is 17.1 Å². The first kappa shape index (κ1) is 31.8. The molecule has 4 rings (SSSR count). The minimum atomic E-state index is -1.40. The number of carbonyl (C=O) groups is 2. The Morgan fingerprint density at radius 2 is 1.55 bits per heavy atom. The highest BCUT2D eigenvalue weighted by atomic mass is 16.4. The van der Waals surface area contributed by atoms with E-state index in [1.54, 1.807) is 0 Å². The van der Waals surface area contributed by atoms with E-state index >= 15 is 0 Å². The minimum absolute atomic E-state index is 0.0536. The van der Waals surface area contributed by atoms with Gasteiger partial charge in [-0.05, 0) is 75.6 Å². The summed E-state index contributed by atoms with van der Waals surface area (Å²) in [6.45, 7) is 4.33. The Kier molecular flexibility index (Phi) is 12.5. The van der Waals surface area contributed by atoms with Crippen LogP contribution in [0.2, 0.25) is 0 Å². The van der Waals surface area contributed by atoms with Crippen molar-refractivity contribution < 1.29 is 24.9 Å². The summed E-state index contributed by atoms with van der Waals surface area (Å²) in [6.07, 6.45) is 15.2. The highest BCUT2D eigenvalue weighted by molar-refractivity contribution is 5.85. The lowest BCUT2D eigenvalue weighted by Gasteiger charge is -2.31.